The molecule has 0 amide bonds. The van der Waals surface area contributed by atoms with Crippen molar-refractivity contribution >= 4 is 0 Å². The molecule has 0 fully saturated rings. The van der Waals surface area contributed by atoms with E-state index in [4.69, 9.17) is 5.11 Å². The van der Waals surface area contributed by atoms with Crippen LogP contribution < -0.4 is 0 Å². The van der Waals surface area contributed by atoms with E-state index in [9.17, 15) is 23.3 Å². The predicted octanol–water partition coefficient (Wildman–Crippen LogP) is 1.31. The molecule has 0 rings (SSSR count). The highest BCUT2D eigenvalue weighted by Gasteiger charge is 2.64. The monoisotopic (exact) mass is 187 g/mol. The third-order valence-corrected chi connectivity index (χ3v) is 1.35. The molecule has 7 heteroatoms. The van der Waals surface area contributed by atoms with Crippen LogP contribution in [0.2, 0.25) is 0 Å². The lowest BCUT2D eigenvalue weighted by atomic mass is 10.1. The van der Waals surface area contributed by atoms with E-state index < -0.39 is 23.2 Å². The number of rotatable bonds is 3. The van der Waals surface area contributed by atoms with Crippen LogP contribution in [0, 0.1) is 10.1 Å². The van der Waals surface area contributed by atoms with Gasteiger partial charge in [-0.05, 0) is 6.42 Å². The molecule has 0 aliphatic carbocycles. The summed E-state index contributed by atoms with van der Waals surface area (Å²) in [6, 6.07) is 0. The predicted molar refractivity (Wildman–Crippen MR) is 32.9 cm³/mol. The summed E-state index contributed by atoms with van der Waals surface area (Å²) in [7, 11) is 0. The molecule has 0 spiro atoms. The normalized spacial score (nSPS) is 17.1. The van der Waals surface area contributed by atoms with Gasteiger partial charge in [-0.3, -0.25) is 10.1 Å². The second-order valence-corrected chi connectivity index (χ2v) is 2.32. The number of alkyl halides is 3. The maximum atomic E-state index is 11.9. The van der Waals surface area contributed by atoms with E-state index in [1.807, 2.05) is 0 Å². The fourth-order valence-electron chi connectivity index (χ4n) is 0.685. The fraction of sp³-hybridized carbons (Fsp3) is 1.00. The highest BCUT2D eigenvalue weighted by molar-refractivity contribution is 4.74. The van der Waals surface area contributed by atoms with Gasteiger partial charge in [-0.15, -0.1) is 0 Å². The van der Waals surface area contributed by atoms with Crippen LogP contribution >= 0.6 is 0 Å². The van der Waals surface area contributed by atoms with Gasteiger partial charge < -0.3 is 5.11 Å². The Morgan fingerprint density at radius 2 is 1.92 bits per heavy atom. The minimum atomic E-state index is -5.22. The van der Waals surface area contributed by atoms with Crippen molar-refractivity contribution in [3.63, 3.8) is 0 Å². The van der Waals surface area contributed by atoms with E-state index in [2.05, 4.69) is 0 Å². The first-order valence-corrected chi connectivity index (χ1v) is 3.19. The number of nitro groups is 1. The molecule has 12 heavy (non-hydrogen) atoms. The Balaban J connectivity index is 4.75. The summed E-state index contributed by atoms with van der Waals surface area (Å²) in [5.74, 6) is 0. The largest absolute Gasteiger partial charge is 0.489 e. The topological polar surface area (TPSA) is 63.4 Å². The Labute approximate surface area is 66.1 Å². The van der Waals surface area contributed by atoms with Crippen molar-refractivity contribution in [3.8, 4) is 0 Å². The van der Waals surface area contributed by atoms with E-state index in [-0.39, 0.29) is 6.42 Å². The van der Waals surface area contributed by atoms with Crippen molar-refractivity contribution in [2.75, 3.05) is 0 Å². The molecule has 0 bridgehead atoms. The van der Waals surface area contributed by atoms with Crippen molar-refractivity contribution in [2.45, 2.75) is 31.7 Å². The van der Waals surface area contributed by atoms with E-state index >= 15 is 0 Å². The molecule has 4 nitrogen and oxygen atoms in total. The molecule has 72 valence electrons. The molecular weight excluding hydrogens is 179 g/mol. The van der Waals surface area contributed by atoms with E-state index in [1.165, 1.54) is 6.92 Å². The van der Waals surface area contributed by atoms with Gasteiger partial charge >= 0.3 is 11.9 Å². The molecule has 0 aromatic rings. The van der Waals surface area contributed by atoms with Crippen molar-refractivity contribution in [2.24, 2.45) is 0 Å². The zero-order valence-electron chi connectivity index (χ0n) is 6.26. The van der Waals surface area contributed by atoms with Gasteiger partial charge in [0.2, 0.25) is 0 Å². The molecule has 0 saturated heterocycles. The summed E-state index contributed by atoms with van der Waals surface area (Å²) in [5.41, 5.74) is -3.79. The quantitative estimate of drug-likeness (QED) is 0.411. The lowest BCUT2D eigenvalue weighted by molar-refractivity contribution is -0.668. The summed E-state index contributed by atoms with van der Waals surface area (Å²) in [5, 5.41) is 18.5. The molecule has 0 aliphatic rings. The van der Waals surface area contributed by atoms with Crippen LogP contribution in [0.15, 0.2) is 0 Å². The number of halogens is 3. The molecule has 0 heterocycles. The first-order chi connectivity index (χ1) is 5.25. The summed E-state index contributed by atoms with van der Waals surface area (Å²) in [4.78, 5) is 8.18. The third-order valence-electron chi connectivity index (χ3n) is 1.35. The van der Waals surface area contributed by atoms with Crippen LogP contribution in [-0.2, 0) is 0 Å². The number of hydrogen-bond acceptors (Lipinski definition) is 3. The lowest BCUT2D eigenvalue weighted by Crippen LogP contribution is -2.51. The first kappa shape index (κ1) is 11.2. The molecule has 0 aromatic carbocycles. The summed E-state index contributed by atoms with van der Waals surface area (Å²) >= 11 is 0. The maximum absolute atomic E-state index is 11.9. The Kier molecular flexibility index (Phi) is 3.03. The SMILES string of the molecule is CCCC(O)([N+](=O)[O-])C(F)(F)F. The van der Waals surface area contributed by atoms with Crippen molar-refractivity contribution < 1.29 is 23.2 Å². The summed E-state index contributed by atoms with van der Waals surface area (Å²) in [6.45, 7) is 1.32. The van der Waals surface area contributed by atoms with E-state index in [1.54, 1.807) is 0 Å². The fourth-order valence-corrected chi connectivity index (χ4v) is 0.685. The van der Waals surface area contributed by atoms with Crippen LogP contribution in [-0.4, -0.2) is 21.9 Å². The molecule has 0 aromatic heterocycles. The van der Waals surface area contributed by atoms with Crippen LogP contribution in [0.5, 0.6) is 0 Å². The highest BCUT2D eigenvalue weighted by Crippen LogP contribution is 2.34. The second kappa shape index (κ2) is 3.26. The number of nitrogens with zero attached hydrogens (tertiary/aromatic N) is 1. The van der Waals surface area contributed by atoms with Crippen LogP contribution in [0.1, 0.15) is 19.8 Å². The van der Waals surface area contributed by atoms with Gasteiger partial charge in [0.15, 0.2) is 0 Å². The minimum Gasteiger partial charge on any atom is -0.323 e. The van der Waals surface area contributed by atoms with Gasteiger partial charge in [0.05, 0.1) is 11.3 Å². The van der Waals surface area contributed by atoms with Crippen LogP contribution in [0.25, 0.3) is 0 Å². The average Bonchev–Trinajstić information content (AvgIpc) is 1.85. The highest BCUT2D eigenvalue weighted by atomic mass is 19.4. The number of hydrogen-bond donors (Lipinski definition) is 1. The zero-order chi connectivity index (χ0) is 9.99. The smallest absolute Gasteiger partial charge is 0.323 e. The zero-order valence-corrected chi connectivity index (χ0v) is 6.26. The van der Waals surface area contributed by atoms with Gasteiger partial charge in [-0.25, -0.2) is 0 Å². The van der Waals surface area contributed by atoms with Crippen LogP contribution in [0.3, 0.4) is 0 Å². The molecule has 1 unspecified atom stereocenters. The Bertz CT molecular complexity index is 181. The van der Waals surface area contributed by atoms with Gasteiger partial charge in [0, 0.05) is 0 Å². The van der Waals surface area contributed by atoms with E-state index in [0.717, 1.165) is 0 Å². The third kappa shape index (κ3) is 1.84. The number of aliphatic hydroxyl groups is 1. The summed E-state index contributed by atoms with van der Waals surface area (Å²) in [6.07, 6.45) is -6.26. The molecule has 0 saturated carbocycles. The Morgan fingerprint density at radius 1 is 1.50 bits per heavy atom. The van der Waals surface area contributed by atoms with Gasteiger partial charge in [0.25, 0.3) is 0 Å². The molecule has 1 atom stereocenters. The standard InChI is InChI=1S/C5H8F3NO3/c1-2-3-4(10,9(11)12)5(6,7)8/h10H,2-3H2,1H3. The van der Waals surface area contributed by atoms with Crippen molar-refractivity contribution in [3.05, 3.63) is 10.1 Å². The first-order valence-electron chi connectivity index (χ1n) is 3.19. The second-order valence-electron chi connectivity index (χ2n) is 2.32. The van der Waals surface area contributed by atoms with Gasteiger partial charge in [0.1, 0.15) is 0 Å². The summed E-state index contributed by atoms with van der Waals surface area (Å²) < 4.78 is 35.6. The van der Waals surface area contributed by atoms with E-state index in [0.29, 0.717) is 0 Å². The average molecular weight is 187 g/mol. The molecule has 1 N–H and O–H groups in total. The Morgan fingerprint density at radius 3 is 2.00 bits per heavy atom. The molecular formula is C5H8F3NO3. The van der Waals surface area contributed by atoms with Gasteiger partial charge in [-0.1, -0.05) is 6.92 Å². The van der Waals surface area contributed by atoms with Crippen LogP contribution in [0.4, 0.5) is 13.2 Å². The maximum Gasteiger partial charge on any atom is 0.489 e. The Hall–Kier alpha value is -0.850. The van der Waals surface area contributed by atoms with Gasteiger partial charge in [-0.2, -0.15) is 13.2 Å². The lowest BCUT2D eigenvalue weighted by Gasteiger charge is -2.20. The minimum absolute atomic E-state index is 0.114. The molecule has 0 radical (unpaired) electrons. The van der Waals surface area contributed by atoms with Crippen molar-refractivity contribution in [1.82, 2.24) is 0 Å². The van der Waals surface area contributed by atoms with Crippen molar-refractivity contribution in [1.29, 1.82) is 0 Å². The molecule has 0 aliphatic heterocycles.